The number of rotatable bonds is 9. The Balaban J connectivity index is 1.77. The van der Waals surface area contributed by atoms with Gasteiger partial charge in [-0.05, 0) is 42.7 Å². The van der Waals surface area contributed by atoms with Crippen molar-refractivity contribution in [2.45, 2.75) is 25.4 Å². The van der Waals surface area contributed by atoms with Crippen LogP contribution < -0.4 is 19.5 Å². The van der Waals surface area contributed by atoms with Gasteiger partial charge >= 0.3 is 0 Å². The van der Waals surface area contributed by atoms with Gasteiger partial charge in [0.15, 0.2) is 11.5 Å². The molecular weight excluding hydrogens is 396 g/mol. The van der Waals surface area contributed by atoms with Gasteiger partial charge in [-0.3, -0.25) is 9.59 Å². The molecule has 1 saturated carbocycles. The number of carbonyl (C=O) groups excluding carboxylic acids is 2. The Kier molecular flexibility index (Phi) is 7.18. The predicted octanol–water partition coefficient (Wildman–Crippen LogP) is 3.28. The van der Waals surface area contributed by atoms with Crippen LogP contribution >= 0.6 is 0 Å². The van der Waals surface area contributed by atoms with Gasteiger partial charge in [-0.1, -0.05) is 12.1 Å². The van der Waals surface area contributed by atoms with Gasteiger partial charge in [0, 0.05) is 42.9 Å². The first-order valence-corrected chi connectivity index (χ1v) is 10.1. The normalized spacial score (nSPS) is 13.0. The third kappa shape index (κ3) is 5.36. The van der Waals surface area contributed by atoms with Crippen LogP contribution in [0.25, 0.3) is 6.08 Å². The number of hydrogen-bond donors (Lipinski definition) is 1. The molecule has 2 aromatic rings. The van der Waals surface area contributed by atoms with Crippen LogP contribution in [0.3, 0.4) is 0 Å². The highest BCUT2D eigenvalue weighted by molar-refractivity contribution is 5.94. The summed E-state index contributed by atoms with van der Waals surface area (Å²) in [6, 6.07) is 11.1. The molecule has 0 atom stereocenters. The number of carbonyl (C=O) groups is 2. The van der Waals surface area contributed by atoms with Crippen molar-refractivity contribution in [1.29, 1.82) is 0 Å². The zero-order valence-electron chi connectivity index (χ0n) is 18.3. The van der Waals surface area contributed by atoms with E-state index >= 15 is 0 Å². The first-order chi connectivity index (χ1) is 15.0. The zero-order valence-corrected chi connectivity index (χ0v) is 18.3. The summed E-state index contributed by atoms with van der Waals surface area (Å²) in [5.74, 6) is 1.50. The second-order valence-electron chi connectivity index (χ2n) is 7.26. The highest BCUT2D eigenvalue weighted by Crippen LogP contribution is 2.35. The van der Waals surface area contributed by atoms with Crippen molar-refractivity contribution in [3.63, 3.8) is 0 Å². The first-order valence-electron chi connectivity index (χ1n) is 10.1. The van der Waals surface area contributed by atoms with Gasteiger partial charge < -0.3 is 24.4 Å². The molecule has 0 aliphatic heterocycles. The standard InChI is InChI=1S/C24H28N2O5/c1-25-24(28)17-7-5-16(6-8-17)15-26(19-10-11-19)23(27)12-9-18-13-21(30-3)22(31-4)14-20(18)29-2/h5-9,12-14,19H,10-11,15H2,1-4H3,(H,25,28)/b12-9+. The van der Waals surface area contributed by atoms with Crippen molar-refractivity contribution in [3.05, 3.63) is 59.2 Å². The molecule has 0 bridgehead atoms. The number of nitrogens with one attached hydrogen (secondary N) is 1. The monoisotopic (exact) mass is 424 g/mol. The lowest BCUT2D eigenvalue weighted by atomic mass is 10.1. The molecule has 1 aliphatic rings. The van der Waals surface area contributed by atoms with E-state index in [4.69, 9.17) is 14.2 Å². The van der Waals surface area contributed by atoms with Crippen LogP contribution in [0.2, 0.25) is 0 Å². The molecule has 1 fully saturated rings. The van der Waals surface area contributed by atoms with E-state index in [-0.39, 0.29) is 17.9 Å². The van der Waals surface area contributed by atoms with Crippen molar-refractivity contribution in [3.8, 4) is 17.2 Å². The third-order valence-corrected chi connectivity index (χ3v) is 5.21. The Morgan fingerprint density at radius 1 is 1.00 bits per heavy atom. The van der Waals surface area contributed by atoms with E-state index in [0.29, 0.717) is 29.4 Å². The first kappa shape index (κ1) is 22.2. The minimum absolute atomic E-state index is 0.0743. The molecule has 0 radical (unpaired) electrons. The molecule has 1 N–H and O–H groups in total. The van der Waals surface area contributed by atoms with Crippen LogP contribution in [0.1, 0.15) is 34.3 Å². The minimum atomic E-state index is -0.131. The molecule has 0 unspecified atom stereocenters. The van der Waals surface area contributed by atoms with Crippen molar-refractivity contribution in [1.82, 2.24) is 10.2 Å². The zero-order chi connectivity index (χ0) is 22.4. The lowest BCUT2D eigenvalue weighted by molar-refractivity contribution is -0.127. The SMILES string of the molecule is CNC(=O)c1ccc(CN(C(=O)/C=C/c2cc(OC)c(OC)cc2OC)C2CC2)cc1. The van der Waals surface area contributed by atoms with Gasteiger partial charge in [-0.15, -0.1) is 0 Å². The molecule has 2 aromatic carbocycles. The number of amides is 2. The molecule has 0 saturated heterocycles. The van der Waals surface area contributed by atoms with Crippen LogP contribution in [0, 0.1) is 0 Å². The number of ether oxygens (including phenoxy) is 3. The summed E-state index contributed by atoms with van der Waals surface area (Å²) in [7, 11) is 6.29. The second kappa shape index (κ2) is 10.0. The maximum Gasteiger partial charge on any atom is 0.251 e. The van der Waals surface area contributed by atoms with Crippen molar-refractivity contribution in [2.24, 2.45) is 0 Å². The van der Waals surface area contributed by atoms with Gasteiger partial charge in [0.2, 0.25) is 5.91 Å². The minimum Gasteiger partial charge on any atom is -0.496 e. The maximum atomic E-state index is 13.0. The van der Waals surface area contributed by atoms with Crippen LogP contribution in [0.15, 0.2) is 42.5 Å². The Morgan fingerprint density at radius 3 is 2.16 bits per heavy atom. The predicted molar refractivity (Wildman–Crippen MR) is 119 cm³/mol. The smallest absolute Gasteiger partial charge is 0.251 e. The van der Waals surface area contributed by atoms with Crippen molar-refractivity contribution < 1.29 is 23.8 Å². The summed E-state index contributed by atoms with van der Waals surface area (Å²) in [6.45, 7) is 0.491. The Morgan fingerprint density at radius 2 is 1.61 bits per heavy atom. The van der Waals surface area contributed by atoms with Crippen LogP contribution in [0.5, 0.6) is 17.2 Å². The molecule has 7 nitrogen and oxygen atoms in total. The lowest BCUT2D eigenvalue weighted by Gasteiger charge is -2.21. The molecule has 0 heterocycles. The molecule has 2 amide bonds. The topological polar surface area (TPSA) is 77.1 Å². The average Bonchev–Trinajstić information content (AvgIpc) is 3.65. The molecule has 7 heteroatoms. The molecule has 0 aromatic heterocycles. The summed E-state index contributed by atoms with van der Waals surface area (Å²) < 4.78 is 16.1. The van der Waals surface area contributed by atoms with E-state index in [1.807, 2.05) is 17.0 Å². The van der Waals surface area contributed by atoms with Crippen LogP contribution in [-0.2, 0) is 11.3 Å². The van der Waals surface area contributed by atoms with Gasteiger partial charge in [0.25, 0.3) is 5.91 Å². The Labute approximate surface area is 182 Å². The summed E-state index contributed by atoms with van der Waals surface area (Å²) in [5.41, 5.74) is 2.29. The summed E-state index contributed by atoms with van der Waals surface area (Å²) in [4.78, 5) is 26.6. The third-order valence-electron chi connectivity index (χ3n) is 5.21. The summed E-state index contributed by atoms with van der Waals surface area (Å²) in [6.07, 6.45) is 5.28. The van der Waals surface area contributed by atoms with Crippen LogP contribution in [-0.4, -0.2) is 51.1 Å². The van der Waals surface area contributed by atoms with Crippen molar-refractivity contribution >= 4 is 17.9 Å². The van der Waals surface area contributed by atoms with Gasteiger partial charge in [-0.2, -0.15) is 0 Å². The van der Waals surface area contributed by atoms with Gasteiger partial charge in [0.05, 0.1) is 21.3 Å². The second-order valence-corrected chi connectivity index (χ2v) is 7.26. The van der Waals surface area contributed by atoms with E-state index in [2.05, 4.69) is 5.32 Å². The molecule has 164 valence electrons. The Bertz CT molecular complexity index is 965. The van der Waals surface area contributed by atoms with Gasteiger partial charge in [0.1, 0.15) is 5.75 Å². The fourth-order valence-electron chi connectivity index (χ4n) is 3.32. The lowest BCUT2D eigenvalue weighted by Crippen LogP contribution is -2.31. The van der Waals surface area contributed by atoms with E-state index in [1.165, 1.54) is 0 Å². The molecule has 1 aliphatic carbocycles. The number of benzene rings is 2. The molecule has 0 spiro atoms. The average molecular weight is 424 g/mol. The maximum absolute atomic E-state index is 13.0. The highest BCUT2D eigenvalue weighted by Gasteiger charge is 2.31. The molecule has 3 rings (SSSR count). The van der Waals surface area contributed by atoms with Crippen LogP contribution in [0.4, 0.5) is 0 Å². The summed E-state index contributed by atoms with van der Waals surface area (Å²) in [5, 5.41) is 2.61. The van der Waals surface area contributed by atoms with E-state index in [9.17, 15) is 9.59 Å². The number of nitrogens with zero attached hydrogens (tertiary/aromatic N) is 1. The fraction of sp³-hybridized carbons (Fsp3) is 0.333. The van der Waals surface area contributed by atoms with E-state index in [1.54, 1.807) is 64.8 Å². The summed E-state index contributed by atoms with van der Waals surface area (Å²) >= 11 is 0. The highest BCUT2D eigenvalue weighted by atomic mass is 16.5. The molecule has 31 heavy (non-hydrogen) atoms. The van der Waals surface area contributed by atoms with E-state index in [0.717, 1.165) is 24.0 Å². The largest absolute Gasteiger partial charge is 0.496 e. The Hall–Kier alpha value is -3.48. The quantitative estimate of drug-likeness (QED) is 0.625. The molecular formula is C24H28N2O5. The van der Waals surface area contributed by atoms with E-state index < -0.39 is 0 Å². The van der Waals surface area contributed by atoms with Gasteiger partial charge in [-0.25, -0.2) is 0 Å². The van der Waals surface area contributed by atoms with Crippen molar-refractivity contribution in [2.75, 3.05) is 28.4 Å². The number of methoxy groups -OCH3 is 3. The fourth-order valence-corrected chi connectivity index (χ4v) is 3.32. The number of hydrogen-bond acceptors (Lipinski definition) is 5.